The van der Waals surface area contributed by atoms with Gasteiger partial charge in [0.1, 0.15) is 12.0 Å². The summed E-state index contributed by atoms with van der Waals surface area (Å²) in [5.41, 5.74) is 7.42. The molecule has 1 heterocycles. The first kappa shape index (κ1) is 13.4. The Hall–Kier alpha value is -2.04. The molecule has 0 radical (unpaired) electrons. The quantitative estimate of drug-likeness (QED) is 0.516. The third-order valence-electron chi connectivity index (χ3n) is 2.37. The van der Waals surface area contributed by atoms with E-state index in [4.69, 9.17) is 23.2 Å². The number of nitrogens with zero attached hydrogens (tertiary/aromatic N) is 4. The summed E-state index contributed by atoms with van der Waals surface area (Å²) in [5, 5.41) is 9.07. The molecule has 0 saturated heterocycles. The topological polar surface area (TPSA) is 78.8 Å². The molecule has 0 unspecified atom stereocenters. The molecular formula is C12H8BrN5S. The minimum absolute atomic E-state index is 0.0457. The Morgan fingerprint density at radius 3 is 2.63 bits per heavy atom. The molecule has 1 aromatic carbocycles. The van der Waals surface area contributed by atoms with Crippen LogP contribution in [0.2, 0.25) is 0 Å². The van der Waals surface area contributed by atoms with Crippen molar-refractivity contribution in [1.29, 1.82) is 5.26 Å². The Bertz CT molecular complexity index is 650. The Labute approximate surface area is 123 Å². The van der Waals surface area contributed by atoms with Gasteiger partial charge < -0.3 is 5.73 Å². The van der Waals surface area contributed by atoms with Gasteiger partial charge in [-0.3, -0.25) is 0 Å². The number of anilines is 1. The van der Waals surface area contributed by atoms with Crippen LogP contribution < -0.4 is 10.6 Å². The first-order valence-electron chi connectivity index (χ1n) is 5.18. The lowest BCUT2D eigenvalue weighted by molar-refractivity contribution is 1.15. The number of hydrogen-bond donors (Lipinski definition) is 1. The molecule has 0 saturated carbocycles. The molecule has 0 spiro atoms. The molecule has 19 heavy (non-hydrogen) atoms. The monoisotopic (exact) mass is 333 g/mol. The second-order valence-corrected chi connectivity index (χ2v) is 4.87. The molecule has 5 nitrogen and oxygen atoms in total. The van der Waals surface area contributed by atoms with Crippen molar-refractivity contribution >= 4 is 38.9 Å². The number of aromatic nitrogens is 2. The van der Waals surface area contributed by atoms with E-state index in [0.717, 1.165) is 14.9 Å². The molecule has 2 aromatic rings. The van der Waals surface area contributed by atoms with Crippen molar-refractivity contribution in [2.75, 3.05) is 4.90 Å². The summed E-state index contributed by atoms with van der Waals surface area (Å²) < 4.78 is 0.957. The van der Waals surface area contributed by atoms with Gasteiger partial charge in [-0.1, -0.05) is 28.1 Å². The number of rotatable bonds is 2. The minimum atomic E-state index is -0.0457. The lowest BCUT2D eigenvalue weighted by Crippen LogP contribution is -2.31. The predicted octanol–water partition coefficient (Wildman–Crippen LogP) is 2.44. The molecule has 0 atom stereocenters. The van der Waals surface area contributed by atoms with Gasteiger partial charge >= 0.3 is 0 Å². The molecule has 94 valence electrons. The second-order valence-electron chi connectivity index (χ2n) is 3.54. The highest BCUT2D eigenvalue weighted by Crippen LogP contribution is 2.28. The van der Waals surface area contributed by atoms with Crippen LogP contribution in [0.15, 0.2) is 41.3 Å². The van der Waals surface area contributed by atoms with Crippen molar-refractivity contribution in [3.05, 3.63) is 41.3 Å². The summed E-state index contributed by atoms with van der Waals surface area (Å²) in [7, 11) is 0. The van der Waals surface area contributed by atoms with Crippen molar-refractivity contribution < 1.29 is 0 Å². The average molecular weight is 334 g/mol. The van der Waals surface area contributed by atoms with Gasteiger partial charge in [0.2, 0.25) is 0 Å². The van der Waals surface area contributed by atoms with E-state index < -0.39 is 0 Å². The van der Waals surface area contributed by atoms with Crippen molar-refractivity contribution in [3.8, 4) is 17.5 Å². The van der Waals surface area contributed by atoms with E-state index in [0.29, 0.717) is 11.4 Å². The van der Waals surface area contributed by atoms with Gasteiger partial charge in [0.05, 0.1) is 11.9 Å². The van der Waals surface area contributed by atoms with Gasteiger partial charge in [-0.25, -0.2) is 14.9 Å². The normalized spacial score (nSPS) is 9.68. The fourth-order valence-corrected chi connectivity index (χ4v) is 1.94. The van der Waals surface area contributed by atoms with Crippen LogP contribution in [-0.2, 0) is 0 Å². The maximum Gasteiger partial charge on any atom is 0.191 e. The zero-order valence-corrected chi connectivity index (χ0v) is 12.0. The Morgan fingerprint density at radius 1 is 1.37 bits per heavy atom. The standard InChI is InChI=1S/C12H8BrN5S/c13-9-3-1-8(2-4-9)11-10(5-16-7-17-11)18(6-14)12(15)19/h1-5,7H,(H2,15,19). The van der Waals surface area contributed by atoms with Crippen LogP contribution in [0.25, 0.3) is 11.3 Å². The summed E-state index contributed by atoms with van der Waals surface area (Å²) >= 11 is 8.21. The SMILES string of the molecule is N#CN(C(N)=S)c1cncnc1-c1ccc(Br)cc1. The van der Waals surface area contributed by atoms with Crippen LogP contribution in [0.5, 0.6) is 0 Å². The molecule has 0 fully saturated rings. The molecule has 2 N–H and O–H groups in total. The van der Waals surface area contributed by atoms with E-state index in [1.165, 1.54) is 12.5 Å². The van der Waals surface area contributed by atoms with Crippen LogP contribution in [0.1, 0.15) is 0 Å². The largest absolute Gasteiger partial charge is 0.375 e. The van der Waals surface area contributed by atoms with Crippen LogP contribution >= 0.6 is 28.1 Å². The zero-order chi connectivity index (χ0) is 13.8. The summed E-state index contributed by atoms with van der Waals surface area (Å²) in [6, 6.07) is 7.54. The molecular weight excluding hydrogens is 326 g/mol. The number of nitrogens with two attached hydrogens (primary N) is 1. The fourth-order valence-electron chi connectivity index (χ4n) is 1.54. The van der Waals surface area contributed by atoms with Crippen molar-refractivity contribution in [2.45, 2.75) is 0 Å². The van der Waals surface area contributed by atoms with Gasteiger partial charge in [0, 0.05) is 10.0 Å². The lowest BCUT2D eigenvalue weighted by Gasteiger charge is -2.15. The molecule has 0 bridgehead atoms. The molecule has 0 aliphatic carbocycles. The number of hydrogen-bond acceptors (Lipinski definition) is 4. The van der Waals surface area contributed by atoms with E-state index in [1.807, 2.05) is 30.5 Å². The van der Waals surface area contributed by atoms with Gasteiger partial charge in [-0.05, 0) is 24.4 Å². The summed E-state index contributed by atoms with van der Waals surface area (Å²) in [6.45, 7) is 0. The van der Waals surface area contributed by atoms with E-state index in [-0.39, 0.29) is 5.11 Å². The van der Waals surface area contributed by atoms with Gasteiger partial charge in [-0.2, -0.15) is 5.26 Å². The fraction of sp³-hybridized carbons (Fsp3) is 0. The van der Waals surface area contributed by atoms with Gasteiger partial charge in [-0.15, -0.1) is 0 Å². The van der Waals surface area contributed by atoms with E-state index >= 15 is 0 Å². The third-order valence-corrected chi connectivity index (χ3v) is 3.08. The van der Waals surface area contributed by atoms with Crippen molar-refractivity contribution in [1.82, 2.24) is 9.97 Å². The smallest absolute Gasteiger partial charge is 0.191 e. The highest BCUT2D eigenvalue weighted by Gasteiger charge is 2.16. The van der Waals surface area contributed by atoms with E-state index in [2.05, 4.69) is 25.9 Å². The highest BCUT2D eigenvalue weighted by atomic mass is 79.9. The van der Waals surface area contributed by atoms with Crippen molar-refractivity contribution in [3.63, 3.8) is 0 Å². The number of halogens is 1. The lowest BCUT2D eigenvalue weighted by atomic mass is 10.1. The number of thiocarbonyl (C=S) groups is 1. The maximum atomic E-state index is 9.11. The summed E-state index contributed by atoms with van der Waals surface area (Å²) in [6.07, 6.45) is 4.84. The number of nitriles is 1. The summed E-state index contributed by atoms with van der Waals surface area (Å²) in [4.78, 5) is 9.22. The Balaban J connectivity index is 2.56. The van der Waals surface area contributed by atoms with Crippen LogP contribution in [-0.4, -0.2) is 15.1 Å². The third kappa shape index (κ3) is 2.86. The van der Waals surface area contributed by atoms with Gasteiger partial charge in [0.25, 0.3) is 0 Å². The van der Waals surface area contributed by atoms with Crippen LogP contribution in [0.3, 0.4) is 0 Å². The maximum absolute atomic E-state index is 9.11. The van der Waals surface area contributed by atoms with Crippen LogP contribution in [0.4, 0.5) is 5.69 Å². The Kier molecular flexibility index (Phi) is 4.04. The van der Waals surface area contributed by atoms with Gasteiger partial charge in [0.15, 0.2) is 11.3 Å². The highest BCUT2D eigenvalue weighted by molar-refractivity contribution is 9.10. The summed E-state index contributed by atoms with van der Waals surface area (Å²) in [5.74, 6) is 0. The molecule has 2 rings (SSSR count). The van der Waals surface area contributed by atoms with Crippen molar-refractivity contribution in [2.24, 2.45) is 5.73 Å². The first-order valence-corrected chi connectivity index (χ1v) is 6.39. The molecule has 0 aliphatic rings. The van der Waals surface area contributed by atoms with Crippen LogP contribution in [0, 0.1) is 11.5 Å². The zero-order valence-electron chi connectivity index (χ0n) is 9.62. The minimum Gasteiger partial charge on any atom is -0.375 e. The molecule has 0 amide bonds. The number of benzene rings is 1. The molecule has 7 heteroatoms. The van der Waals surface area contributed by atoms with E-state index in [1.54, 1.807) is 0 Å². The molecule has 1 aromatic heterocycles. The van der Waals surface area contributed by atoms with E-state index in [9.17, 15) is 0 Å². The molecule has 0 aliphatic heterocycles. The first-order chi connectivity index (χ1) is 9.13. The Morgan fingerprint density at radius 2 is 2.05 bits per heavy atom. The predicted molar refractivity (Wildman–Crippen MR) is 80.0 cm³/mol. The second kappa shape index (κ2) is 5.73. The average Bonchev–Trinajstić information content (AvgIpc) is 2.41.